The van der Waals surface area contributed by atoms with Gasteiger partial charge in [-0.05, 0) is 37.5 Å². The Kier molecular flexibility index (Phi) is 5.01. The van der Waals surface area contributed by atoms with Crippen LogP contribution in [0.1, 0.15) is 38.3 Å². The van der Waals surface area contributed by atoms with Gasteiger partial charge in [-0.3, -0.25) is 0 Å². The van der Waals surface area contributed by atoms with Gasteiger partial charge in [-0.25, -0.2) is 0 Å². The molecule has 0 saturated heterocycles. The fourth-order valence-corrected chi connectivity index (χ4v) is 1.45. The van der Waals surface area contributed by atoms with Gasteiger partial charge in [0.2, 0.25) is 0 Å². The zero-order valence-corrected chi connectivity index (χ0v) is 11.0. The monoisotopic (exact) mass is 235 g/mol. The van der Waals surface area contributed by atoms with Crippen molar-refractivity contribution in [2.45, 2.75) is 34.1 Å². The van der Waals surface area contributed by atoms with E-state index in [9.17, 15) is 0 Å². The SMILES string of the molecule is CCC(C)COc1cc(C)ccc1C(C)=NO. The Balaban J connectivity index is 2.91. The second kappa shape index (κ2) is 6.28. The molecule has 1 aromatic carbocycles. The Labute approximate surface area is 103 Å². The molecule has 0 bridgehead atoms. The number of ether oxygens (including phenoxy) is 1. The molecular formula is C14H21NO2. The molecule has 3 heteroatoms. The average Bonchev–Trinajstić information content (AvgIpc) is 2.35. The lowest BCUT2D eigenvalue weighted by Crippen LogP contribution is -2.10. The smallest absolute Gasteiger partial charge is 0.128 e. The fraction of sp³-hybridized carbons (Fsp3) is 0.500. The lowest BCUT2D eigenvalue weighted by Gasteiger charge is -2.14. The molecule has 0 radical (unpaired) electrons. The predicted octanol–water partition coefficient (Wildman–Crippen LogP) is 3.62. The minimum atomic E-state index is 0.523. The van der Waals surface area contributed by atoms with Gasteiger partial charge in [-0.1, -0.05) is 31.5 Å². The van der Waals surface area contributed by atoms with Gasteiger partial charge >= 0.3 is 0 Å². The summed E-state index contributed by atoms with van der Waals surface area (Å²) in [7, 11) is 0. The van der Waals surface area contributed by atoms with E-state index in [1.165, 1.54) is 0 Å². The van der Waals surface area contributed by atoms with Gasteiger partial charge in [0, 0.05) is 5.56 Å². The molecule has 0 saturated carbocycles. The lowest BCUT2D eigenvalue weighted by molar-refractivity contribution is 0.255. The molecule has 0 aliphatic carbocycles. The van der Waals surface area contributed by atoms with Crippen LogP contribution in [0, 0.1) is 12.8 Å². The van der Waals surface area contributed by atoms with Crippen LogP contribution in [-0.4, -0.2) is 17.5 Å². The van der Waals surface area contributed by atoms with Crippen molar-refractivity contribution in [2.24, 2.45) is 11.1 Å². The second-order valence-corrected chi connectivity index (χ2v) is 4.51. The minimum Gasteiger partial charge on any atom is -0.493 e. The van der Waals surface area contributed by atoms with E-state index in [4.69, 9.17) is 9.94 Å². The van der Waals surface area contributed by atoms with Gasteiger partial charge in [-0.2, -0.15) is 0 Å². The molecule has 0 aliphatic rings. The number of oxime groups is 1. The minimum absolute atomic E-state index is 0.523. The van der Waals surface area contributed by atoms with Crippen molar-refractivity contribution in [3.63, 3.8) is 0 Å². The molecule has 1 rings (SSSR count). The Morgan fingerprint density at radius 2 is 2.18 bits per heavy atom. The van der Waals surface area contributed by atoms with Gasteiger partial charge in [0.25, 0.3) is 0 Å². The van der Waals surface area contributed by atoms with Crippen LogP contribution in [0.5, 0.6) is 5.75 Å². The summed E-state index contributed by atoms with van der Waals surface area (Å²) in [4.78, 5) is 0. The third-order valence-corrected chi connectivity index (χ3v) is 2.90. The summed E-state index contributed by atoms with van der Waals surface area (Å²) in [6.07, 6.45) is 1.09. The Hall–Kier alpha value is -1.51. The van der Waals surface area contributed by atoms with Crippen LogP contribution < -0.4 is 4.74 Å². The largest absolute Gasteiger partial charge is 0.493 e. The van der Waals surface area contributed by atoms with E-state index in [0.29, 0.717) is 18.2 Å². The molecule has 94 valence electrons. The van der Waals surface area contributed by atoms with Gasteiger partial charge in [0.1, 0.15) is 5.75 Å². The summed E-state index contributed by atoms with van der Waals surface area (Å²) in [5, 5.41) is 12.1. The van der Waals surface area contributed by atoms with Crippen molar-refractivity contribution < 1.29 is 9.94 Å². The topological polar surface area (TPSA) is 41.8 Å². The van der Waals surface area contributed by atoms with Crippen LogP contribution in [0.15, 0.2) is 23.4 Å². The summed E-state index contributed by atoms with van der Waals surface area (Å²) in [5.74, 6) is 1.32. The molecule has 3 nitrogen and oxygen atoms in total. The van der Waals surface area contributed by atoms with Crippen molar-refractivity contribution in [3.05, 3.63) is 29.3 Å². The number of nitrogens with zero attached hydrogens (tertiary/aromatic N) is 1. The summed E-state index contributed by atoms with van der Waals surface area (Å²) in [6.45, 7) is 8.77. The highest BCUT2D eigenvalue weighted by Gasteiger charge is 2.09. The van der Waals surface area contributed by atoms with Crippen molar-refractivity contribution in [3.8, 4) is 5.75 Å². The second-order valence-electron chi connectivity index (χ2n) is 4.51. The molecule has 1 atom stereocenters. The van der Waals surface area contributed by atoms with Gasteiger partial charge < -0.3 is 9.94 Å². The quantitative estimate of drug-likeness (QED) is 0.481. The molecule has 1 aromatic rings. The van der Waals surface area contributed by atoms with Crippen molar-refractivity contribution in [1.29, 1.82) is 0 Å². The van der Waals surface area contributed by atoms with Gasteiger partial charge in [-0.15, -0.1) is 0 Å². The van der Waals surface area contributed by atoms with Crippen LogP contribution in [0.25, 0.3) is 0 Å². The molecule has 0 aromatic heterocycles. The van der Waals surface area contributed by atoms with Crippen LogP contribution in [0.4, 0.5) is 0 Å². The van der Waals surface area contributed by atoms with Crippen LogP contribution in [-0.2, 0) is 0 Å². The van der Waals surface area contributed by atoms with Crippen molar-refractivity contribution in [1.82, 2.24) is 0 Å². The van der Waals surface area contributed by atoms with E-state index >= 15 is 0 Å². The van der Waals surface area contributed by atoms with Crippen LogP contribution in [0.2, 0.25) is 0 Å². The zero-order chi connectivity index (χ0) is 12.8. The maximum Gasteiger partial charge on any atom is 0.128 e. The first-order valence-electron chi connectivity index (χ1n) is 6.01. The Bertz CT molecular complexity index is 399. The van der Waals surface area contributed by atoms with Gasteiger partial charge in [0.15, 0.2) is 0 Å². The highest BCUT2D eigenvalue weighted by Crippen LogP contribution is 2.22. The molecule has 1 unspecified atom stereocenters. The number of rotatable bonds is 5. The number of hydrogen-bond acceptors (Lipinski definition) is 3. The maximum absolute atomic E-state index is 8.84. The highest BCUT2D eigenvalue weighted by molar-refractivity contribution is 6.00. The van der Waals surface area contributed by atoms with Crippen LogP contribution >= 0.6 is 0 Å². The molecule has 17 heavy (non-hydrogen) atoms. The average molecular weight is 235 g/mol. The first kappa shape index (κ1) is 13.6. The number of hydrogen-bond donors (Lipinski definition) is 1. The Morgan fingerprint density at radius 3 is 2.76 bits per heavy atom. The standard InChI is InChI=1S/C14H21NO2/c1-5-10(2)9-17-14-8-11(3)6-7-13(14)12(4)15-16/h6-8,10,16H,5,9H2,1-4H3. The van der Waals surface area contributed by atoms with Crippen LogP contribution in [0.3, 0.4) is 0 Å². The van der Waals surface area contributed by atoms with Gasteiger partial charge in [0.05, 0.1) is 12.3 Å². The third kappa shape index (κ3) is 3.77. The van der Waals surface area contributed by atoms with E-state index in [2.05, 4.69) is 19.0 Å². The number of aryl methyl sites for hydroxylation is 1. The normalized spacial score (nSPS) is 13.5. The van der Waals surface area contributed by atoms with E-state index in [1.54, 1.807) is 6.92 Å². The molecule has 0 fully saturated rings. The first-order chi connectivity index (χ1) is 8.08. The molecule has 0 aliphatic heterocycles. The number of benzene rings is 1. The molecule has 0 amide bonds. The fourth-order valence-electron chi connectivity index (χ4n) is 1.45. The van der Waals surface area contributed by atoms with E-state index in [0.717, 1.165) is 23.3 Å². The van der Waals surface area contributed by atoms with E-state index < -0.39 is 0 Å². The van der Waals surface area contributed by atoms with Crippen molar-refractivity contribution in [2.75, 3.05) is 6.61 Å². The molecule has 0 heterocycles. The van der Waals surface area contributed by atoms with E-state index in [1.807, 2.05) is 25.1 Å². The maximum atomic E-state index is 8.84. The zero-order valence-electron chi connectivity index (χ0n) is 11.0. The summed E-state index contributed by atoms with van der Waals surface area (Å²) < 4.78 is 5.80. The predicted molar refractivity (Wildman–Crippen MR) is 70.1 cm³/mol. The lowest BCUT2D eigenvalue weighted by atomic mass is 10.1. The molecule has 0 spiro atoms. The summed E-state index contributed by atoms with van der Waals surface area (Å²) in [6, 6.07) is 5.89. The molecule has 1 N–H and O–H groups in total. The van der Waals surface area contributed by atoms with Crippen molar-refractivity contribution >= 4 is 5.71 Å². The third-order valence-electron chi connectivity index (χ3n) is 2.90. The highest BCUT2D eigenvalue weighted by atomic mass is 16.5. The van der Waals surface area contributed by atoms with E-state index in [-0.39, 0.29) is 0 Å². The Morgan fingerprint density at radius 1 is 1.47 bits per heavy atom. The first-order valence-corrected chi connectivity index (χ1v) is 6.01. The molecular weight excluding hydrogens is 214 g/mol. The summed E-state index contributed by atoms with van der Waals surface area (Å²) in [5.41, 5.74) is 2.56. The summed E-state index contributed by atoms with van der Waals surface area (Å²) >= 11 is 0.